The van der Waals surface area contributed by atoms with Crippen molar-refractivity contribution in [1.82, 2.24) is 9.55 Å². The van der Waals surface area contributed by atoms with E-state index in [9.17, 15) is 17.2 Å². The van der Waals surface area contributed by atoms with E-state index in [1.165, 1.54) is 4.57 Å². The number of hydrogen-bond acceptors (Lipinski definition) is 3. The summed E-state index contributed by atoms with van der Waals surface area (Å²) in [5.74, 6) is -1.59. The molecule has 0 atom stereocenters. The molecule has 0 fully saturated rings. The summed E-state index contributed by atoms with van der Waals surface area (Å²) in [4.78, 5) is 2.62. The molecule has 19 heavy (non-hydrogen) atoms. The first-order valence-corrected chi connectivity index (χ1v) is 7.85. The van der Waals surface area contributed by atoms with E-state index in [0.717, 1.165) is 12.1 Å². The minimum atomic E-state index is -3.17. The molecule has 8 heteroatoms. The molecule has 1 aromatic heterocycles. The molecule has 4 nitrogen and oxygen atoms in total. The van der Waals surface area contributed by atoms with Gasteiger partial charge in [-0.2, -0.15) is 0 Å². The molecule has 0 spiro atoms. The molecule has 1 N–H and O–H groups in total. The number of nitrogens with one attached hydrogen (secondary N) is 1. The van der Waals surface area contributed by atoms with Crippen LogP contribution in [0, 0.1) is 16.4 Å². The van der Waals surface area contributed by atoms with Gasteiger partial charge in [-0.3, -0.25) is 0 Å². The van der Waals surface area contributed by atoms with Gasteiger partial charge in [-0.15, -0.1) is 0 Å². The minimum absolute atomic E-state index is 0.0192. The fourth-order valence-electron chi connectivity index (χ4n) is 1.78. The van der Waals surface area contributed by atoms with Gasteiger partial charge in [0.2, 0.25) is 0 Å². The Morgan fingerprint density at radius 2 is 2.05 bits per heavy atom. The average Bonchev–Trinajstić information content (AvgIpc) is 2.64. The van der Waals surface area contributed by atoms with Gasteiger partial charge < -0.3 is 9.55 Å². The number of rotatable bonds is 4. The van der Waals surface area contributed by atoms with E-state index < -0.39 is 21.5 Å². The Balaban J connectivity index is 2.49. The lowest BCUT2D eigenvalue weighted by Gasteiger charge is -2.05. The molecule has 0 saturated carbocycles. The van der Waals surface area contributed by atoms with Crippen LogP contribution in [0.4, 0.5) is 8.78 Å². The SMILES string of the molecule is CCS(=O)(=O)CCn1c(=S)[nH]c2c(F)cc(F)cc21. The molecule has 2 aromatic rings. The third-order valence-corrected chi connectivity index (χ3v) is 4.87. The average molecular weight is 306 g/mol. The number of nitrogens with zero attached hydrogens (tertiary/aromatic N) is 1. The summed E-state index contributed by atoms with van der Waals surface area (Å²) in [6.45, 7) is 1.61. The second-order valence-electron chi connectivity index (χ2n) is 4.10. The summed E-state index contributed by atoms with van der Waals surface area (Å²) >= 11 is 5.00. The van der Waals surface area contributed by atoms with E-state index in [1.807, 2.05) is 0 Å². The van der Waals surface area contributed by atoms with Crippen molar-refractivity contribution in [3.05, 3.63) is 28.5 Å². The lowest BCUT2D eigenvalue weighted by atomic mass is 10.3. The van der Waals surface area contributed by atoms with Crippen LogP contribution in [0.1, 0.15) is 6.92 Å². The van der Waals surface area contributed by atoms with E-state index in [2.05, 4.69) is 4.98 Å². The summed E-state index contributed by atoms with van der Waals surface area (Å²) in [7, 11) is -3.17. The van der Waals surface area contributed by atoms with Crippen LogP contribution in [0.3, 0.4) is 0 Å². The van der Waals surface area contributed by atoms with Gasteiger partial charge in [0.1, 0.15) is 11.3 Å². The van der Waals surface area contributed by atoms with Gasteiger partial charge in [-0.1, -0.05) is 6.92 Å². The maximum absolute atomic E-state index is 13.5. The zero-order valence-electron chi connectivity index (χ0n) is 10.1. The largest absolute Gasteiger partial charge is 0.328 e. The molecule has 1 aromatic carbocycles. The first-order valence-electron chi connectivity index (χ1n) is 5.62. The molecule has 0 bridgehead atoms. The van der Waals surface area contributed by atoms with Crippen molar-refractivity contribution in [3.8, 4) is 0 Å². The van der Waals surface area contributed by atoms with Crippen molar-refractivity contribution in [1.29, 1.82) is 0 Å². The van der Waals surface area contributed by atoms with Crippen molar-refractivity contribution in [2.24, 2.45) is 0 Å². The van der Waals surface area contributed by atoms with Crippen molar-refractivity contribution >= 4 is 33.1 Å². The second kappa shape index (κ2) is 5.01. The number of imidazole rings is 1. The fourth-order valence-corrected chi connectivity index (χ4v) is 2.82. The zero-order chi connectivity index (χ0) is 14.2. The smallest absolute Gasteiger partial charge is 0.178 e. The first kappa shape index (κ1) is 14.1. The highest BCUT2D eigenvalue weighted by Crippen LogP contribution is 2.19. The molecular weight excluding hydrogens is 294 g/mol. The standard InChI is InChI=1S/C11H12F2N2O2S2/c1-2-19(16,17)4-3-15-9-6-7(12)5-8(13)10(9)14-11(15)18/h5-6H,2-4H2,1H3,(H,14,18). The minimum Gasteiger partial charge on any atom is -0.328 e. The van der Waals surface area contributed by atoms with E-state index in [1.54, 1.807) is 6.92 Å². The number of fused-ring (bicyclic) bond motifs is 1. The first-order chi connectivity index (χ1) is 8.84. The molecule has 2 rings (SSSR count). The molecule has 0 aliphatic carbocycles. The monoisotopic (exact) mass is 306 g/mol. The Kier molecular flexibility index (Phi) is 3.73. The number of aryl methyl sites for hydroxylation is 1. The lowest BCUT2D eigenvalue weighted by Crippen LogP contribution is -2.14. The second-order valence-corrected chi connectivity index (χ2v) is 6.96. The van der Waals surface area contributed by atoms with Crippen LogP contribution in [0.15, 0.2) is 12.1 Å². The van der Waals surface area contributed by atoms with Crippen LogP contribution >= 0.6 is 12.2 Å². The molecular formula is C11H12F2N2O2S2. The number of sulfone groups is 1. The molecule has 104 valence electrons. The van der Waals surface area contributed by atoms with Gasteiger partial charge in [-0.25, -0.2) is 17.2 Å². The van der Waals surface area contributed by atoms with E-state index in [0.29, 0.717) is 0 Å². The predicted molar refractivity (Wildman–Crippen MR) is 71.4 cm³/mol. The Hall–Kier alpha value is -1.28. The number of aromatic amines is 1. The summed E-state index contributed by atoms with van der Waals surface area (Å²) in [5.41, 5.74) is 0.314. The zero-order valence-corrected chi connectivity index (χ0v) is 11.7. The molecule has 0 radical (unpaired) electrons. The van der Waals surface area contributed by atoms with Crippen molar-refractivity contribution in [3.63, 3.8) is 0 Å². The highest BCUT2D eigenvalue weighted by molar-refractivity contribution is 7.91. The summed E-state index contributed by atoms with van der Waals surface area (Å²) in [5, 5.41) is 0. The third-order valence-electron chi connectivity index (χ3n) is 2.87. The maximum atomic E-state index is 13.5. The Morgan fingerprint density at radius 3 is 2.68 bits per heavy atom. The Labute approximate surface area is 114 Å². The molecule has 0 aliphatic rings. The van der Waals surface area contributed by atoms with Crippen LogP contribution in [0.5, 0.6) is 0 Å². The van der Waals surface area contributed by atoms with E-state index in [-0.39, 0.29) is 33.9 Å². The van der Waals surface area contributed by atoms with Gasteiger partial charge in [0.15, 0.2) is 20.4 Å². The van der Waals surface area contributed by atoms with Crippen molar-refractivity contribution in [2.75, 3.05) is 11.5 Å². The summed E-state index contributed by atoms with van der Waals surface area (Å²) < 4.78 is 51.2. The quantitative estimate of drug-likeness (QED) is 0.883. The van der Waals surface area contributed by atoms with E-state index in [4.69, 9.17) is 12.2 Å². The van der Waals surface area contributed by atoms with Crippen molar-refractivity contribution < 1.29 is 17.2 Å². The molecule has 1 heterocycles. The van der Waals surface area contributed by atoms with Gasteiger partial charge in [0, 0.05) is 18.4 Å². The van der Waals surface area contributed by atoms with Gasteiger partial charge in [-0.05, 0) is 18.3 Å². The van der Waals surface area contributed by atoms with Crippen LogP contribution in [-0.2, 0) is 16.4 Å². The topological polar surface area (TPSA) is 54.9 Å². The molecule has 0 amide bonds. The normalized spacial score (nSPS) is 12.2. The van der Waals surface area contributed by atoms with Gasteiger partial charge in [0.05, 0.1) is 11.3 Å². The number of H-pyrrole nitrogens is 1. The van der Waals surface area contributed by atoms with Crippen LogP contribution < -0.4 is 0 Å². The lowest BCUT2D eigenvalue weighted by molar-refractivity contribution is 0.588. The van der Waals surface area contributed by atoms with Gasteiger partial charge in [0.25, 0.3) is 0 Å². The van der Waals surface area contributed by atoms with E-state index >= 15 is 0 Å². The molecule has 0 saturated heterocycles. The number of hydrogen-bond donors (Lipinski definition) is 1. The third kappa shape index (κ3) is 2.84. The summed E-state index contributed by atoms with van der Waals surface area (Å²) in [6.07, 6.45) is 0. The Bertz CT molecular complexity index is 778. The number of aromatic nitrogens is 2. The molecule has 0 unspecified atom stereocenters. The maximum Gasteiger partial charge on any atom is 0.178 e. The Morgan fingerprint density at radius 1 is 1.37 bits per heavy atom. The highest BCUT2D eigenvalue weighted by Gasteiger charge is 2.13. The predicted octanol–water partition coefficient (Wildman–Crippen LogP) is 2.41. The van der Waals surface area contributed by atoms with Crippen LogP contribution in [-0.4, -0.2) is 29.5 Å². The number of halogens is 2. The molecule has 0 aliphatic heterocycles. The highest BCUT2D eigenvalue weighted by atomic mass is 32.2. The van der Waals surface area contributed by atoms with Crippen molar-refractivity contribution in [2.45, 2.75) is 13.5 Å². The number of benzene rings is 1. The fraction of sp³-hybridized carbons (Fsp3) is 0.364. The van der Waals surface area contributed by atoms with Crippen LogP contribution in [0.25, 0.3) is 11.0 Å². The van der Waals surface area contributed by atoms with Crippen LogP contribution in [0.2, 0.25) is 0 Å². The summed E-state index contributed by atoms with van der Waals surface area (Å²) in [6, 6.07) is 1.88. The van der Waals surface area contributed by atoms with Gasteiger partial charge >= 0.3 is 0 Å².